The van der Waals surface area contributed by atoms with Gasteiger partial charge in [0.2, 0.25) is 0 Å². The van der Waals surface area contributed by atoms with Crippen LogP contribution >= 0.6 is 0 Å². The molecule has 100 valence electrons. The highest BCUT2D eigenvalue weighted by atomic mass is 16.5. The molecule has 0 aliphatic heterocycles. The Balaban J connectivity index is 2.33. The number of hydrogen-bond acceptors (Lipinski definition) is 3. The minimum absolute atomic E-state index is 0.779. The maximum absolute atomic E-state index is 5.71. The Bertz CT molecular complexity index is 549. The predicted octanol–water partition coefficient (Wildman–Crippen LogP) is 3.61. The monoisotopic (exact) mass is 256 g/mol. The van der Waals surface area contributed by atoms with E-state index in [2.05, 4.69) is 24.0 Å². The highest BCUT2D eigenvalue weighted by Crippen LogP contribution is 2.29. The minimum atomic E-state index is 0.779. The lowest BCUT2D eigenvalue weighted by molar-refractivity contribution is 0.410. The van der Waals surface area contributed by atoms with E-state index in [4.69, 9.17) is 10.5 Å². The molecule has 0 aliphatic carbocycles. The SMILES string of the molecule is CCc1cc(N(C)c2ccc(N)cc2)ccc1OC. The summed E-state index contributed by atoms with van der Waals surface area (Å²) in [5.41, 5.74) is 9.96. The van der Waals surface area contributed by atoms with Crippen molar-refractivity contribution in [2.24, 2.45) is 0 Å². The quantitative estimate of drug-likeness (QED) is 0.849. The Morgan fingerprint density at radius 1 is 1.05 bits per heavy atom. The van der Waals surface area contributed by atoms with Crippen LogP contribution in [0.25, 0.3) is 0 Å². The summed E-state index contributed by atoms with van der Waals surface area (Å²) in [7, 11) is 3.75. The van der Waals surface area contributed by atoms with Gasteiger partial charge >= 0.3 is 0 Å². The summed E-state index contributed by atoms with van der Waals surface area (Å²) in [6, 6.07) is 14.1. The van der Waals surface area contributed by atoms with Crippen LogP contribution in [0.2, 0.25) is 0 Å². The molecule has 2 aromatic carbocycles. The molecule has 0 aromatic heterocycles. The molecule has 0 heterocycles. The third-order valence-corrected chi connectivity index (χ3v) is 3.31. The number of nitrogen functional groups attached to an aromatic ring is 1. The highest BCUT2D eigenvalue weighted by molar-refractivity contribution is 5.66. The first-order valence-electron chi connectivity index (χ1n) is 6.42. The standard InChI is InChI=1S/C16H20N2O/c1-4-12-11-15(9-10-16(12)19-3)18(2)14-7-5-13(17)6-8-14/h5-11H,4,17H2,1-3H3. The number of rotatable bonds is 4. The predicted molar refractivity (Wildman–Crippen MR) is 81.3 cm³/mol. The van der Waals surface area contributed by atoms with Crippen molar-refractivity contribution in [3.63, 3.8) is 0 Å². The maximum Gasteiger partial charge on any atom is 0.122 e. The summed E-state index contributed by atoms with van der Waals surface area (Å²) in [4.78, 5) is 2.14. The highest BCUT2D eigenvalue weighted by Gasteiger charge is 2.07. The number of ether oxygens (including phenoxy) is 1. The molecule has 0 unspecified atom stereocenters. The molecule has 0 amide bonds. The summed E-state index contributed by atoms with van der Waals surface area (Å²) in [5, 5.41) is 0. The molecule has 0 fully saturated rings. The number of methoxy groups -OCH3 is 1. The molecule has 0 aliphatic rings. The second kappa shape index (κ2) is 5.65. The topological polar surface area (TPSA) is 38.5 Å². The zero-order chi connectivity index (χ0) is 13.8. The van der Waals surface area contributed by atoms with Gasteiger partial charge in [-0.25, -0.2) is 0 Å². The average molecular weight is 256 g/mol. The number of anilines is 3. The summed E-state index contributed by atoms with van der Waals surface area (Å²) in [6.07, 6.45) is 0.951. The molecule has 0 saturated carbocycles. The van der Waals surface area contributed by atoms with E-state index in [0.717, 1.165) is 29.2 Å². The largest absolute Gasteiger partial charge is 0.496 e. The Labute approximate surface area is 114 Å². The summed E-state index contributed by atoms with van der Waals surface area (Å²) in [5.74, 6) is 0.942. The molecule has 0 saturated heterocycles. The van der Waals surface area contributed by atoms with Crippen molar-refractivity contribution < 1.29 is 4.74 Å². The van der Waals surface area contributed by atoms with Crippen LogP contribution < -0.4 is 15.4 Å². The van der Waals surface area contributed by atoms with Crippen LogP contribution in [0.4, 0.5) is 17.1 Å². The van der Waals surface area contributed by atoms with Crippen LogP contribution in [-0.4, -0.2) is 14.2 Å². The maximum atomic E-state index is 5.71. The van der Waals surface area contributed by atoms with E-state index < -0.39 is 0 Å². The molecule has 3 heteroatoms. The number of hydrogen-bond donors (Lipinski definition) is 1. The number of benzene rings is 2. The molecular weight excluding hydrogens is 236 g/mol. The first-order chi connectivity index (χ1) is 9.15. The first kappa shape index (κ1) is 13.3. The van der Waals surface area contributed by atoms with E-state index in [0.29, 0.717) is 0 Å². The molecule has 19 heavy (non-hydrogen) atoms. The van der Waals surface area contributed by atoms with Crippen molar-refractivity contribution in [3.05, 3.63) is 48.0 Å². The molecule has 0 radical (unpaired) electrons. The van der Waals surface area contributed by atoms with E-state index in [1.165, 1.54) is 5.56 Å². The summed E-state index contributed by atoms with van der Waals surface area (Å²) < 4.78 is 5.36. The van der Waals surface area contributed by atoms with E-state index in [9.17, 15) is 0 Å². The molecule has 0 spiro atoms. The van der Waals surface area contributed by atoms with Gasteiger partial charge in [-0.3, -0.25) is 0 Å². The normalized spacial score (nSPS) is 10.3. The molecule has 0 atom stereocenters. The van der Waals surface area contributed by atoms with Crippen LogP contribution in [0.1, 0.15) is 12.5 Å². The Hall–Kier alpha value is -2.16. The third-order valence-electron chi connectivity index (χ3n) is 3.31. The van der Waals surface area contributed by atoms with Crippen molar-refractivity contribution in [3.8, 4) is 5.75 Å². The molecule has 2 aromatic rings. The van der Waals surface area contributed by atoms with Crippen molar-refractivity contribution >= 4 is 17.1 Å². The van der Waals surface area contributed by atoms with Gasteiger partial charge in [0.25, 0.3) is 0 Å². The molecule has 3 nitrogen and oxygen atoms in total. The summed E-state index contributed by atoms with van der Waals surface area (Å²) in [6.45, 7) is 2.13. The Morgan fingerprint density at radius 3 is 2.26 bits per heavy atom. The molecule has 2 rings (SSSR count). The van der Waals surface area contributed by atoms with Crippen LogP contribution in [0.5, 0.6) is 5.75 Å². The fourth-order valence-corrected chi connectivity index (χ4v) is 2.10. The lowest BCUT2D eigenvalue weighted by Gasteiger charge is -2.21. The lowest BCUT2D eigenvalue weighted by Crippen LogP contribution is -2.10. The Kier molecular flexibility index (Phi) is 3.95. The van der Waals surface area contributed by atoms with Crippen LogP contribution in [0.3, 0.4) is 0 Å². The van der Waals surface area contributed by atoms with Crippen molar-refractivity contribution in [1.29, 1.82) is 0 Å². The van der Waals surface area contributed by atoms with E-state index in [1.807, 2.05) is 37.4 Å². The number of nitrogens with zero attached hydrogens (tertiary/aromatic N) is 1. The van der Waals surface area contributed by atoms with E-state index in [-0.39, 0.29) is 0 Å². The fraction of sp³-hybridized carbons (Fsp3) is 0.250. The number of nitrogens with two attached hydrogens (primary N) is 1. The van der Waals surface area contributed by atoms with Gasteiger partial charge < -0.3 is 15.4 Å². The second-order valence-corrected chi connectivity index (χ2v) is 4.50. The van der Waals surface area contributed by atoms with Crippen LogP contribution in [0.15, 0.2) is 42.5 Å². The van der Waals surface area contributed by atoms with Gasteiger partial charge in [0.15, 0.2) is 0 Å². The summed E-state index contributed by atoms with van der Waals surface area (Å²) >= 11 is 0. The van der Waals surface area contributed by atoms with Crippen molar-refractivity contribution in [1.82, 2.24) is 0 Å². The van der Waals surface area contributed by atoms with Gasteiger partial charge in [-0.2, -0.15) is 0 Å². The Morgan fingerprint density at radius 2 is 1.68 bits per heavy atom. The zero-order valence-electron chi connectivity index (χ0n) is 11.7. The third kappa shape index (κ3) is 2.81. The molecular formula is C16H20N2O. The lowest BCUT2D eigenvalue weighted by atomic mass is 10.1. The van der Waals surface area contributed by atoms with E-state index >= 15 is 0 Å². The van der Waals surface area contributed by atoms with Gasteiger partial charge in [-0.1, -0.05) is 6.92 Å². The van der Waals surface area contributed by atoms with Gasteiger partial charge in [0.1, 0.15) is 5.75 Å². The van der Waals surface area contributed by atoms with Gasteiger partial charge in [-0.15, -0.1) is 0 Å². The van der Waals surface area contributed by atoms with Crippen molar-refractivity contribution in [2.45, 2.75) is 13.3 Å². The molecule has 2 N–H and O–H groups in total. The van der Waals surface area contributed by atoms with E-state index in [1.54, 1.807) is 7.11 Å². The van der Waals surface area contributed by atoms with Crippen LogP contribution in [-0.2, 0) is 6.42 Å². The number of aryl methyl sites for hydroxylation is 1. The van der Waals surface area contributed by atoms with Gasteiger partial charge in [0, 0.05) is 24.1 Å². The molecule has 0 bridgehead atoms. The smallest absolute Gasteiger partial charge is 0.122 e. The minimum Gasteiger partial charge on any atom is -0.496 e. The van der Waals surface area contributed by atoms with Gasteiger partial charge in [-0.05, 0) is 54.4 Å². The second-order valence-electron chi connectivity index (χ2n) is 4.50. The first-order valence-corrected chi connectivity index (χ1v) is 6.42. The van der Waals surface area contributed by atoms with Gasteiger partial charge in [0.05, 0.1) is 7.11 Å². The fourth-order valence-electron chi connectivity index (χ4n) is 2.10. The van der Waals surface area contributed by atoms with Crippen molar-refractivity contribution in [2.75, 3.05) is 24.8 Å². The average Bonchev–Trinajstić information content (AvgIpc) is 2.46. The zero-order valence-corrected chi connectivity index (χ0v) is 11.7. The van der Waals surface area contributed by atoms with Crippen LogP contribution in [0, 0.1) is 0 Å².